The maximum Gasteiger partial charge on any atom is 0.410 e. The van der Waals surface area contributed by atoms with E-state index in [1.54, 1.807) is 35.2 Å². The zero-order valence-electron chi connectivity index (χ0n) is 35.5. The second-order valence-electron chi connectivity index (χ2n) is 17.1. The van der Waals surface area contributed by atoms with E-state index in [2.05, 4.69) is 12.7 Å². The third-order valence-electron chi connectivity index (χ3n) is 11.9. The first-order valence-corrected chi connectivity index (χ1v) is 21.2. The highest BCUT2D eigenvalue weighted by molar-refractivity contribution is 6.03. The Hall–Kier alpha value is -5.37. The molecule has 2 aliphatic heterocycles. The van der Waals surface area contributed by atoms with Crippen molar-refractivity contribution in [3.05, 3.63) is 102 Å². The van der Waals surface area contributed by atoms with E-state index in [-0.39, 0.29) is 57.3 Å². The van der Waals surface area contributed by atoms with Gasteiger partial charge in [-0.05, 0) is 112 Å². The van der Waals surface area contributed by atoms with Crippen molar-refractivity contribution in [2.45, 2.75) is 95.6 Å². The molecule has 13 nitrogen and oxygen atoms in total. The molecule has 2 heterocycles. The maximum atomic E-state index is 14.3. The number of carbonyl (C=O) groups is 2. The smallest absolute Gasteiger partial charge is 0.410 e. The molecule has 61 heavy (non-hydrogen) atoms. The first kappa shape index (κ1) is 43.7. The monoisotopic (exact) mass is 838 g/mol. The Morgan fingerprint density at radius 2 is 1.72 bits per heavy atom. The Morgan fingerprint density at radius 3 is 2.46 bits per heavy atom. The highest BCUT2D eigenvalue weighted by atomic mass is 16.7. The van der Waals surface area contributed by atoms with Crippen LogP contribution in [0.25, 0.3) is 0 Å². The summed E-state index contributed by atoms with van der Waals surface area (Å²) in [5.41, 5.74) is 3.12. The quantitative estimate of drug-likeness (QED) is 0.0547. The van der Waals surface area contributed by atoms with E-state index < -0.39 is 29.4 Å². The number of aldehydes is 1. The number of allylic oxidation sites excluding steroid dienone is 1. The molecule has 3 aromatic carbocycles. The van der Waals surface area contributed by atoms with Gasteiger partial charge in [0.05, 0.1) is 25.3 Å². The lowest BCUT2D eigenvalue weighted by Crippen LogP contribution is -2.70. The van der Waals surface area contributed by atoms with Crippen LogP contribution in [0.2, 0.25) is 0 Å². The number of oxime groups is 1. The number of unbranched alkanes of at least 4 members (excludes halogenated alkanes) is 2. The Morgan fingerprint density at radius 1 is 0.967 bits per heavy atom. The van der Waals surface area contributed by atoms with E-state index >= 15 is 0 Å². The molecule has 0 spiro atoms. The van der Waals surface area contributed by atoms with E-state index in [0.29, 0.717) is 52.9 Å². The number of aliphatic hydroxyl groups is 2. The van der Waals surface area contributed by atoms with Gasteiger partial charge in [-0.25, -0.2) is 4.79 Å². The lowest BCUT2D eigenvalue weighted by Gasteiger charge is -2.59. The predicted molar refractivity (Wildman–Crippen MR) is 228 cm³/mol. The molecular weight excluding hydrogens is 781 g/mol. The van der Waals surface area contributed by atoms with Gasteiger partial charge in [-0.2, -0.15) is 0 Å². The highest BCUT2D eigenvalue weighted by Gasteiger charge is 2.65. The summed E-state index contributed by atoms with van der Waals surface area (Å²) in [4.78, 5) is 33.8. The van der Waals surface area contributed by atoms with Crippen LogP contribution in [0.5, 0.6) is 28.7 Å². The maximum absolute atomic E-state index is 14.3. The van der Waals surface area contributed by atoms with Crippen LogP contribution in [0.15, 0.2) is 90.1 Å². The van der Waals surface area contributed by atoms with Crippen molar-refractivity contribution >= 4 is 18.1 Å². The van der Waals surface area contributed by atoms with E-state index in [9.17, 15) is 19.8 Å². The fourth-order valence-corrected chi connectivity index (χ4v) is 9.35. The minimum atomic E-state index is -1.49. The second-order valence-corrected chi connectivity index (χ2v) is 17.1. The molecule has 0 radical (unpaired) electrons. The Bertz CT molecular complexity index is 2110. The van der Waals surface area contributed by atoms with Crippen molar-refractivity contribution in [3.8, 4) is 28.7 Å². The predicted octanol–water partition coefficient (Wildman–Crippen LogP) is 8.72. The molecule has 1 saturated carbocycles. The van der Waals surface area contributed by atoms with E-state index in [4.69, 9.17) is 38.4 Å². The number of rotatable bonds is 18. The molecule has 2 aliphatic carbocycles. The molecule has 6 atom stereocenters. The van der Waals surface area contributed by atoms with Crippen LogP contribution in [-0.2, 0) is 20.9 Å². The number of hydrogen-bond donors (Lipinski definition) is 2. The molecule has 3 aromatic rings. The minimum absolute atomic E-state index is 0.00552. The largest absolute Gasteiger partial charge is 0.459 e. The van der Waals surface area contributed by atoms with Crippen LogP contribution in [0.4, 0.5) is 4.79 Å². The lowest BCUT2D eigenvalue weighted by molar-refractivity contribution is -0.256. The molecule has 0 aromatic heterocycles. The summed E-state index contributed by atoms with van der Waals surface area (Å²) < 4.78 is 37.7. The molecule has 326 valence electrons. The number of amides is 1. The molecule has 2 N–H and O–H groups in total. The third-order valence-corrected chi connectivity index (χ3v) is 11.9. The highest BCUT2D eigenvalue weighted by Crippen LogP contribution is 2.62. The molecular formula is C48H58N2O11. The molecule has 1 amide bonds. The van der Waals surface area contributed by atoms with Gasteiger partial charge in [0.2, 0.25) is 12.6 Å². The number of nitrogens with zero attached hydrogens (tertiary/aromatic N) is 2. The fraction of sp³-hybridized carbons (Fsp3) is 0.479. The molecule has 1 fully saturated rings. The van der Waals surface area contributed by atoms with Gasteiger partial charge in [0, 0.05) is 43.2 Å². The summed E-state index contributed by atoms with van der Waals surface area (Å²) in [6.45, 7) is 10.3. The number of carbonyl (C=O) groups excluding carboxylic acids is 2. The van der Waals surface area contributed by atoms with Crippen LogP contribution in [-0.4, -0.2) is 84.4 Å². The zero-order chi connectivity index (χ0) is 43.1. The normalized spacial score (nSPS) is 24.1. The number of benzene rings is 3. The van der Waals surface area contributed by atoms with Gasteiger partial charge in [0.25, 0.3) is 0 Å². The third kappa shape index (κ3) is 9.44. The van der Waals surface area contributed by atoms with Crippen molar-refractivity contribution in [2.75, 3.05) is 33.7 Å². The number of aliphatic hydroxyl groups excluding tert-OH is 2. The van der Waals surface area contributed by atoms with Crippen LogP contribution in [0.1, 0.15) is 93.1 Å². The van der Waals surface area contributed by atoms with Gasteiger partial charge in [0.15, 0.2) is 11.5 Å². The van der Waals surface area contributed by atoms with Crippen LogP contribution in [0, 0.1) is 17.8 Å². The van der Waals surface area contributed by atoms with E-state index in [1.165, 1.54) is 7.11 Å². The van der Waals surface area contributed by atoms with Crippen LogP contribution < -0.4 is 18.9 Å². The number of methoxy groups -OCH3 is 1. The van der Waals surface area contributed by atoms with Crippen molar-refractivity contribution in [1.29, 1.82) is 0 Å². The van der Waals surface area contributed by atoms with Crippen LogP contribution in [0.3, 0.4) is 0 Å². The van der Waals surface area contributed by atoms with Gasteiger partial charge < -0.3 is 43.5 Å². The summed E-state index contributed by atoms with van der Waals surface area (Å²) in [6.07, 6.45) is 8.81. The molecule has 0 unspecified atom stereocenters. The summed E-state index contributed by atoms with van der Waals surface area (Å²) in [5.74, 6) is 0.599. The van der Waals surface area contributed by atoms with Gasteiger partial charge in [-0.1, -0.05) is 48.3 Å². The Kier molecular flexibility index (Phi) is 13.7. The zero-order valence-corrected chi connectivity index (χ0v) is 35.5. The Balaban J connectivity index is 1.45. The van der Waals surface area contributed by atoms with Crippen LogP contribution >= 0.6 is 0 Å². The van der Waals surface area contributed by atoms with E-state index in [1.807, 2.05) is 57.2 Å². The summed E-state index contributed by atoms with van der Waals surface area (Å²) in [7, 11) is 1.36. The van der Waals surface area contributed by atoms with Gasteiger partial charge >= 0.3 is 6.09 Å². The second kappa shape index (κ2) is 19.1. The van der Waals surface area contributed by atoms with Gasteiger partial charge in [-0.3, -0.25) is 9.69 Å². The number of hydrogen-bond acceptors (Lipinski definition) is 12. The van der Waals surface area contributed by atoms with Crippen molar-refractivity contribution < 1.29 is 53.1 Å². The molecule has 4 aliphatic rings. The average Bonchev–Trinajstić information content (AvgIpc) is 3.73. The van der Waals surface area contributed by atoms with Crippen molar-refractivity contribution in [1.82, 2.24) is 4.90 Å². The summed E-state index contributed by atoms with van der Waals surface area (Å²) in [5, 5.41) is 24.8. The molecule has 0 saturated heterocycles. The number of ether oxygens (including phenoxy) is 6. The fourth-order valence-electron chi connectivity index (χ4n) is 9.35. The standard InChI is InChI=1S/C48H58N2O11/c1-6-22-58-48-43(50(46(54)55-5)28-31-16-18-41-42(24-31)57-30-56-41)27-39(49-61-47(2,3)4)37-25-33(13-7-9-20-51)36(15-8-10-21-52)44(45(37)48)38-26-35(17-19-40(38)60-48)59-34-14-11-12-32(23-34)29-53/h6,11-12,14,16-19,23-26,29,33,36,43-45,51-52H,1,7-10,13,15,20-22,27-28,30H2,2-5H3/t33-,36+,43-,44+,45+,48+/m0/s1. The van der Waals surface area contributed by atoms with Crippen molar-refractivity contribution in [2.24, 2.45) is 22.9 Å². The average molecular weight is 839 g/mol. The first-order valence-electron chi connectivity index (χ1n) is 21.2. The van der Waals surface area contributed by atoms with Gasteiger partial charge in [0.1, 0.15) is 35.2 Å². The first-order chi connectivity index (χ1) is 29.5. The topological polar surface area (TPSA) is 155 Å². The molecule has 0 bridgehead atoms. The number of fused-ring (bicyclic) bond motifs is 3. The lowest BCUT2D eigenvalue weighted by atomic mass is 9.55. The summed E-state index contributed by atoms with van der Waals surface area (Å²) in [6, 6.07) is 17.5. The minimum Gasteiger partial charge on any atom is -0.459 e. The molecule has 7 rings (SSSR count). The van der Waals surface area contributed by atoms with Crippen molar-refractivity contribution in [3.63, 3.8) is 0 Å². The van der Waals surface area contributed by atoms with E-state index in [0.717, 1.165) is 48.7 Å². The van der Waals surface area contributed by atoms with Gasteiger partial charge in [-0.15, -0.1) is 6.58 Å². The summed E-state index contributed by atoms with van der Waals surface area (Å²) >= 11 is 0. The SMILES string of the molecule is C=CCO[C@@]12Oc3ccc(Oc4cccc(C=O)c4)cc3[C@H]3[C@H](CCCCO)[C@@H](CCCCO)C=C(C(=NOC(C)(C)C)C[C@@H]1N(Cc1ccc4c(c1)OCO4)C(=O)OC)[C@H]32. The Labute approximate surface area is 357 Å². The molecule has 13 heteroatoms.